The molecule has 1 aromatic carbocycles. The van der Waals surface area contributed by atoms with Gasteiger partial charge in [-0.05, 0) is 37.1 Å². The Hall–Kier alpha value is -1.41. The van der Waals surface area contributed by atoms with Crippen molar-refractivity contribution in [2.75, 3.05) is 6.54 Å². The van der Waals surface area contributed by atoms with Gasteiger partial charge in [0.2, 0.25) is 0 Å². The number of halogens is 1. The molecule has 5 heteroatoms. The lowest BCUT2D eigenvalue weighted by atomic mass is 9.96. The molecule has 0 unspecified atom stereocenters. The Labute approximate surface area is 113 Å². The highest BCUT2D eigenvalue weighted by Gasteiger charge is 2.24. The minimum atomic E-state index is -0.116. The van der Waals surface area contributed by atoms with Crippen LogP contribution in [-0.4, -0.2) is 18.4 Å². The molecule has 1 fully saturated rings. The topological polar surface area (TPSA) is 78.9 Å². The number of nitrogens with one attached hydrogen (secondary N) is 1. The van der Waals surface area contributed by atoms with Crippen LogP contribution >= 0.6 is 12.4 Å². The summed E-state index contributed by atoms with van der Waals surface area (Å²) < 4.78 is 0. The van der Waals surface area contributed by atoms with Gasteiger partial charge in [-0.15, -0.1) is 12.4 Å². The number of nitrogens with zero attached hydrogens (tertiary/aromatic N) is 1. The molecule has 1 saturated heterocycles. The minimum Gasteiger partial charge on any atom is -0.326 e. The van der Waals surface area contributed by atoms with Crippen molar-refractivity contribution in [2.24, 2.45) is 5.73 Å². The number of nitrogens with two attached hydrogens (primary N) is 1. The number of ketones is 1. The predicted octanol–water partition coefficient (Wildman–Crippen LogP) is 1.37. The molecule has 0 amide bonds. The van der Waals surface area contributed by atoms with Gasteiger partial charge in [0.25, 0.3) is 0 Å². The van der Waals surface area contributed by atoms with Crippen molar-refractivity contribution in [3.8, 4) is 6.07 Å². The molecule has 0 aromatic heterocycles. The van der Waals surface area contributed by atoms with Gasteiger partial charge in [0, 0.05) is 12.1 Å². The molecule has 4 nitrogen and oxygen atoms in total. The molecule has 0 spiro atoms. The largest absolute Gasteiger partial charge is 0.326 e. The van der Waals surface area contributed by atoms with Crippen molar-refractivity contribution in [3.63, 3.8) is 0 Å². The van der Waals surface area contributed by atoms with Crippen molar-refractivity contribution in [2.45, 2.75) is 25.4 Å². The number of nitriles is 1. The van der Waals surface area contributed by atoms with Crippen LogP contribution in [0.25, 0.3) is 0 Å². The van der Waals surface area contributed by atoms with Crippen LogP contribution in [0.2, 0.25) is 0 Å². The van der Waals surface area contributed by atoms with Crippen molar-refractivity contribution < 1.29 is 4.79 Å². The zero-order valence-corrected chi connectivity index (χ0v) is 10.8. The first kappa shape index (κ1) is 14.7. The van der Waals surface area contributed by atoms with E-state index in [9.17, 15) is 4.79 Å². The Morgan fingerprint density at radius 3 is 2.89 bits per heavy atom. The lowest BCUT2D eigenvalue weighted by Gasteiger charge is -2.12. The Kier molecular flexibility index (Phi) is 5.29. The summed E-state index contributed by atoms with van der Waals surface area (Å²) in [4.78, 5) is 12.3. The Balaban J connectivity index is 0.00000162. The van der Waals surface area contributed by atoms with Crippen LogP contribution in [0.4, 0.5) is 0 Å². The van der Waals surface area contributed by atoms with Gasteiger partial charge < -0.3 is 11.1 Å². The third-order valence-corrected chi connectivity index (χ3v) is 3.10. The van der Waals surface area contributed by atoms with E-state index in [1.54, 1.807) is 18.2 Å². The quantitative estimate of drug-likeness (QED) is 0.809. The lowest BCUT2D eigenvalue weighted by Crippen LogP contribution is -2.31. The van der Waals surface area contributed by atoms with Gasteiger partial charge in [0.15, 0.2) is 5.78 Å². The van der Waals surface area contributed by atoms with Gasteiger partial charge in [-0.1, -0.05) is 6.07 Å². The molecule has 96 valence electrons. The Morgan fingerprint density at radius 1 is 1.56 bits per heavy atom. The third-order valence-electron chi connectivity index (χ3n) is 3.10. The number of hydrogen-bond acceptors (Lipinski definition) is 4. The molecule has 2 rings (SSSR count). The average molecular weight is 266 g/mol. The Morgan fingerprint density at radius 2 is 2.33 bits per heavy atom. The summed E-state index contributed by atoms with van der Waals surface area (Å²) in [6, 6.07) is 7.04. The summed E-state index contributed by atoms with van der Waals surface area (Å²) in [5.41, 5.74) is 7.52. The SMILES string of the molecule is Cl.N#Cc1ccc(CN)c(C(=O)[C@@H]2CCCN2)c1. The van der Waals surface area contributed by atoms with Gasteiger partial charge in [0.05, 0.1) is 17.7 Å². The molecule has 18 heavy (non-hydrogen) atoms. The summed E-state index contributed by atoms with van der Waals surface area (Å²) in [6.45, 7) is 1.20. The molecule has 0 aliphatic carbocycles. The van der Waals surface area contributed by atoms with Crippen LogP contribution in [0.5, 0.6) is 0 Å². The van der Waals surface area contributed by atoms with E-state index in [0.717, 1.165) is 24.9 Å². The summed E-state index contributed by atoms with van der Waals surface area (Å²) in [7, 11) is 0. The zero-order valence-electron chi connectivity index (χ0n) is 9.98. The monoisotopic (exact) mass is 265 g/mol. The van der Waals surface area contributed by atoms with Gasteiger partial charge in [-0.3, -0.25) is 4.79 Å². The number of benzene rings is 1. The first-order chi connectivity index (χ1) is 8.26. The van der Waals surface area contributed by atoms with Gasteiger partial charge >= 0.3 is 0 Å². The highest BCUT2D eigenvalue weighted by Crippen LogP contribution is 2.17. The van der Waals surface area contributed by atoms with Gasteiger partial charge in [-0.2, -0.15) is 5.26 Å². The van der Waals surface area contributed by atoms with Crippen LogP contribution in [0.1, 0.15) is 34.3 Å². The van der Waals surface area contributed by atoms with Crippen molar-refractivity contribution in [1.29, 1.82) is 5.26 Å². The fraction of sp³-hybridized carbons (Fsp3) is 0.385. The van der Waals surface area contributed by atoms with E-state index >= 15 is 0 Å². The van der Waals surface area contributed by atoms with Crippen molar-refractivity contribution in [3.05, 3.63) is 34.9 Å². The summed E-state index contributed by atoms with van der Waals surface area (Å²) in [5, 5.41) is 12.0. The molecule has 1 aliphatic rings. The molecule has 1 aromatic rings. The fourth-order valence-corrected chi connectivity index (χ4v) is 2.15. The second-order valence-corrected chi connectivity index (χ2v) is 4.20. The maximum Gasteiger partial charge on any atom is 0.180 e. The molecule has 1 atom stereocenters. The number of Topliss-reactive ketones (excluding diaryl/α,β-unsaturated/α-hetero) is 1. The van der Waals surface area contributed by atoms with Gasteiger partial charge in [-0.25, -0.2) is 0 Å². The van der Waals surface area contributed by atoms with Crippen LogP contribution < -0.4 is 11.1 Å². The minimum absolute atomic E-state index is 0. The van der Waals surface area contributed by atoms with E-state index in [-0.39, 0.29) is 24.2 Å². The smallest absolute Gasteiger partial charge is 0.180 e. The van der Waals surface area contributed by atoms with Crippen LogP contribution in [0, 0.1) is 11.3 Å². The molecular weight excluding hydrogens is 250 g/mol. The molecule has 0 radical (unpaired) electrons. The van der Waals surface area contributed by atoms with E-state index in [2.05, 4.69) is 11.4 Å². The summed E-state index contributed by atoms with van der Waals surface area (Å²) >= 11 is 0. The first-order valence-corrected chi connectivity index (χ1v) is 5.77. The highest BCUT2D eigenvalue weighted by atomic mass is 35.5. The summed E-state index contributed by atoms with van der Waals surface area (Å²) in [5.74, 6) is 0.0556. The molecular formula is C13H16ClN3O. The second-order valence-electron chi connectivity index (χ2n) is 4.20. The highest BCUT2D eigenvalue weighted by molar-refractivity contribution is 6.01. The fourth-order valence-electron chi connectivity index (χ4n) is 2.15. The number of hydrogen-bond donors (Lipinski definition) is 2. The van der Waals surface area contributed by atoms with Crippen LogP contribution in [0.15, 0.2) is 18.2 Å². The van der Waals surface area contributed by atoms with Crippen LogP contribution in [-0.2, 0) is 6.54 Å². The molecule has 0 saturated carbocycles. The van der Waals surface area contributed by atoms with Gasteiger partial charge in [0.1, 0.15) is 0 Å². The number of carbonyl (C=O) groups is 1. The first-order valence-electron chi connectivity index (χ1n) is 5.77. The maximum absolute atomic E-state index is 12.3. The van der Waals surface area contributed by atoms with E-state index in [4.69, 9.17) is 11.0 Å². The Bertz CT molecular complexity index is 476. The molecule has 3 N–H and O–H groups in total. The lowest BCUT2D eigenvalue weighted by molar-refractivity contribution is 0.0951. The molecule has 1 heterocycles. The normalized spacial score (nSPS) is 17.9. The number of rotatable bonds is 3. The standard InChI is InChI=1S/C13H15N3O.ClH/c14-7-9-3-4-10(8-15)11(6-9)13(17)12-2-1-5-16-12;/h3-4,6,12,16H,1-2,5,8,15H2;1H/t12-;/m0./s1. The third kappa shape index (κ3) is 2.88. The van der Waals surface area contributed by atoms with E-state index in [1.165, 1.54) is 0 Å². The van der Waals surface area contributed by atoms with Crippen LogP contribution in [0.3, 0.4) is 0 Å². The second kappa shape index (κ2) is 6.50. The zero-order chi connectivity index (χ0) is 12.3. The molecule has 1 aliphatic heterocycles. The van der Waals surface area contributed by atoms with Crippen molar-refractivity contribution in [1.82, 2.24) is 5.32 Å². The molecule has 0 bridgehead atoms. The average Bonchev–Trinajstić information content (AvgIpc) is 2.91. The van der Waals surface area contributed by atoms with Crippen molar-refractivity contribution >= 4 is 18.2 Å². The number of carbonyl (C=O) groups excluding carboxylic acids is 1. The maximum atomic E-state index is 12.3. The van der Waals surface area contributed by atoms with E-state index in [1.807, 2.05) is 0 Å². The predicted molar refractivity (Wildman–Crippen MR) is 71.7 cm³/mol. The van der Waals surface area contributed by atoms with E-state index < -0.39 is 0 Å². The van der Waals surface area contributed by atoms with E-state index in [0.29, 0.717) is 17.7 Å². The summed E-state index contributed by atoms with van der Waals surface area (Å²) in [6.07, 6.45) is 1.88.